The molecule has 0 unspecified atom stereocenters. The molecule has 4 bridgehead atoms. The number of benzene rings is 2. The van der Waals surface area contributed by atoms with Crippen LogP contribution in [0.15, 0.2) is 73.1 Å². The molecule has 0 fully saturated rings. The molecule has 0 spiro atoms. The van der Waals surface area contributed by atoms with Gasteiger partial charge in [-0.3, -0.25) is 0 Å². The summed E-state index contributed by atoms with van der Waals surface area (Å²) >= 11 is 0. The summed E-state index contributed by atoms with van der Waals surface area (Å²) in [6.45, 7) is 7.82. The van der Waals surface area contributed by atoms with Crippen LogP contribution < -0.4 is 19.8 Å². The normalized spacial score (nSPS) is 17.4. The minimum absolute atomic E-state index is 0.0550. The highest BCUT2D eigenvalue weighted by Crippen LogP contribution is 2.25. The van der Waals surface area contributed by atoms with Crippen molar-refractivity contribution in [1.82, 2.24) is 0 Å². The van der Waals surface area contributed by atoms with Gasteiger partial charge in [-0.05, 0) is 37.8 Å². The number of aromatic nitrogens is 2. The van der Waals surface area contributed by atoms with E-state index in [0.717, 1.165) is 26.1 Å². The molecule has 0 atom stereocenters. The number of para-hydroxylation sites is 2. The number of anilines is 2. The van der Waals surface area contributed by atoms with Crippen molar-refractivity contribution in [2.75, 3.05) is 23.7 Å². The van der Waals surface area contributed by atoms with Crippen LogP contribution in [0, 0.1) is 0 Å². The van der Waals surface area contributed by atoms with Gasteiger partial charge in [0.05, 0.1) is 22.1 Å². The van der Waals surface area contributed by atoms with E-state index < -0.39 is 0 Å². The van der Waals surface area contributed by atoms with Gasteiger partial charge in [-0.15, -0.1) is 0 Å². The Labute approximate surface area is 203 Å². The number of nitrogens with zero attached hydrogens (tertiary/aromatic N) is 2. The van der Waals surface area contributed by atoms with Crippen molar-refractivity contribution < 1.29 is 9.13 Å². The fourth-order valence-corrected chi connectivity index (χ4v) is 5.38. The molecule has 176 valence electrons. The van der Waals surface area contributed by atoms with E-state index in [-0.39, 0.29) is 5.54 Å². The summed E-state index contributed by atoms with van der Waals surface area (Å²) in [5, 5.41) is 10.0. The second-order valence-corrected chi connectivity index (χ2v) is 10.2. The van der Waals surface area contributed by atoms with Gasteiger partial charge in [0.25, 0.3) is 0 Å². The monoisotopic (exact) mass is 454 g/mol. The maximum absolute atomic E-state index is 3.71. The largest absolute Gasteiger partial charge is 0.384 e. The first kappa shape index (κ1) is 22.6. The van der Waals surface area contributed by atoms with Crippen molar-refractivity contribution in [3.05, 3.63) is 73.1 Å². The highest BCUT2D eigenvalue weighted by Gasteiger charge is 2.30. The standard InChI is InChI=1S/C30H36N4/c1-30(2)18-8-11-21-33-22-16-26(24-12-4-6-14-28(24)33)31-19-9-3-10-20-32-27-17-23-34(30)29-15-7-5-13-25(27)29/h4-7,12-17,22-23H,3,8-11,18-21H2,1-2H3/p+2. The molecule has 0 saturated heterocycles. The smallest absolute Gasteiger partial charge is 0.215 e. The topological polar surface area (TPSA) is 31.8 Å². The third-order valence-corrected chi connectivity index (χ3v) is 7.34. The lowest BCUT2D eigenvalue weighted by Gasteiger charge is -2.22. The zero-order chi connectivity index (χ0) is 23.4. The van der Waals surface area contributed by atoms with Crippen molar-refractivity contribution in [2.45, 2.75) is 64.5 Å². The van der Waals surface area contributed by atoms with E-state index >= 15 is 0 Å². The number of hydrogen-bond donors (Lipinski definition) is 2. The van der Waals surface area contributed by atoms with Gasteiger partial charge in [-0.2, -0.15) is 9.13 Å². The van der Waals surface area contributed by atoms with Gasteiger partial charge in [-0.25, -0.2) is 0 Å². The first-order chi connectivity index (χ1) is 16.6. The minimum atomic E-state index is 0.0550. The Morgan fingerprint density at radius 1 is 0.647 bits per heavy atom. The van der Waals surface area contributed by atoms with Gasteiger partial charge in [0, 0.05) is 64.0 Å². The Hall–Kier alpha value is -3.14. The van der Waals surface area contributed by atoms with E-state index in [1.165, 1.54) is 65.3 Å². The van der Waals surface area contributed by atoms with Crippen LogP contribution >= 0.6 is 0 Å². The summed E-state index contributed by atoms with van der Waals surface area (Å²) in [6, 6.07) is 22.2. The lowest BCUT2D eigenvalue weighted by Crippen LogP contribution is -2.52. The second-order valence-electron chi connectivity index (χ2n) is 10.2. The van der Waals surface area contributed by atoms with Crippen molar-refractivity contribution in [2.24, 2.45) is 0 Å². The van der Waals surface area contributed by atoms with Crippen molar-refractivity contribution >= 4 is 33.2 Å². The molecule has 4 heterocycles. The van der Waals surface area contributed by atoms with Crippen LogP contribution in [0.1, 0.15) is 52.4 Å². The van der Waals surface area contributed by atoms with Gasteiger partial charge >= 0.3 is 0 Å². The van der Waals surface area contributed by atoms with Crippen molar-refractivity contribution in [3.63, 3.8) is 0 Å². The number of hydrogen-bond acceptors (Lipinski definition) is 2. The molecule has 2 aromatic carbocycles. The minimum Gasteiger partial charge on any atom is -0.384 e. The lowest BCUT2D eigenvalue weighted by atomic mass is 9.95. The van der Waals surface area contributed by atoms with Gasteiger partial charge in [0.1, 0.15) is 6.54 Å². The Kier molecular flexibility index (Phi) is 6.66. The lowest BCUT2D eigenvalue weighted by molar-refractivity contribution is -0.735. The van der Waals surface area contributed by atoms with Crippen LogP contribution in [0.5, 0.6) is 0 Å². The van der Waals surface area contributed by atoms with Crippen molar-refractivity contribution in [1.29, 1.82) is 0 Å². The fraction of sp³-hybridized carbons (Fsp3) is 0.400. The molecule has 34 heavy (non-hydrogen) atoms. The number of aryl methyl sites for hydroxylation is 1. The molecule has 0 radical (unpaired) electrons. The third kappa shape index (κ3) is 4.72. The molecular weight excluding hydrogens is 416 g/mol. The molecule has 0 saturated carbocycles. The summed E-state index contributed by atoms with van der Waals surface area (Å²) in [5.41, 5.74) is 5.19. The first-order valence-corrected chi connectivity index (χ1v) is 13.0. The van der Waals surface area contributed by atoms with Crippen LogP contribution in [0.3, 0.4) is 0 Å². The number of pyridine rings is 2. The Morgan fingerprint density at radius 3 is 2.00 bits per heavy atom. The van der Waals surface area contributed by atoms with Crippen LogP contribution in [0.2, 0.25) is 0 Å². The van der Waals surface area contributed by atoms with Crippen molar-refractivity contribution in [3.8, 4) is 0 Å². The Balaban J connectivity index is 1.44. The van der Waals surface area contributed by atoms with E-state index in [2.05, 4.69) is 107 Å². The average Bonchev–Trinajstić information content (AvgIpc) is 2.86. The third-order valence-electron chi connectivity index (χ3n) is 7.34. The maximum Gasteiger partial charge on any atom is 0.215 e. The first-order valence-electron chi connectivity index (χ1n) is 13.0. The van der Waals surface area contributed by atoms with Crippen LogP contribution in [-0.4, -0.2) is 13.1 Å². The summed E-state index contributed by atoms with van der Waals surface area (Å²) in [4.78, 5) is 0. The van der Waals surface area contributed by atoms with Crippen LogP contribution in [0.25, 0.3) is 21.8 Å². The van der Waals surface area contributed by atoms with Gasteiger partial charge in [0.2, 0.25) is 11.0 Å². The summed E-state index contributed by atoms with van der Waals surface area (Å²) < 4.78 is 4.91. The number of fused-ring (bicyclic) bond motifs is 12. The average molecular weight is 455 g/mol. The summed E-state index contributed by atoms with van der Waals surface area (Å²) in [6.07, 6.45) is 11.6. The zero-order valence-electron chi connectivity index (χ0n) is 20.7. The van der Waals surface area contributed by atoms with Gasteiger partial charge < -0.3 is 10.6 Å². The van der Waals surface area contributed by atoms with E-state index in [1.807, 2.05) is 0 Å². The van der Waals surface area contributed by atoms with E-state index in [0.29, 0.717) is 0 Å². The maximum atomic E-state index is 3.71. The molecule has 2 aromatic heterocycles. The zero-order valence-corrected chi connectivity index (χ0v) is 20.7. The molecule has 4 heteroatoms. The molecule has 2 aliphatic rings. The molecule has 0 aliphatic carbocycles. The summed E-state index contributed by atoms with van der Waals surface area (Å²) in [7, 11) is 0. The van der Waals surface area contributed by atoms with E-state index in [4.69, 9.17) is 0 Å². The Bertz CT molecular complexity index is 1280. The van der Waals surface area contributed by atoms with Crippen LogP contribution in [0.4, 0.5) is 11.4 Å². The predicted molar refractivity (Wildman–Crippen MR) is 142 cm³/mol. The number of rotatable bonds is 0. The molecule has 2 aliphatic heterocycles. The SMILES string of the molecule is CC1(C)CCCC[n+]2ccc(c3ccccc32)NCCCCCNc2cc[n+]1c1ccccc21. The highest BCUT2D eigenvalue weighted by atomic mass is 15.0. The molecule has 4 nitrogen and oxygen atoms in total. The fourth-order valence-electron chi connectivity index (χ4n) is 5.38. The van der Waals surface area contributed by atoms with Gasteiger partial charge in [0.15, 0.2) is 17.9 Å². The predicted octanol–water partition coefficient (Wildman–Crippen LogP) is 6.18. The molecule has 4 aromatic rings. The van der Waals surface area contributed by atoms with Crippen LogP contribution in [-0.2, 0) is 12.1 Å². The molecule has 2 N–H and O–H groups in total. The highest BCUT2D eigenvalue weighted by molar-refractivity contribution is 5.89. The van der Waals surface area contributed by atoms with Gasteiger partial charge in [-0.1, -0.05) is 24.3 Å². The van der Waals surface area contributed by atoms with E-state index in [1.54, 1.807) is 0 Å². The molecule has 0 amide bonds. The second kappa shape index (κ2) is 10.0. The summed E-state index contributed by atoms with van der Waals surface area (Å²) in [5.74, 6) is 0. The van der Waals surface area contributed by atoms with E-state index in [9.17, 15) is 0 Å². The number of nitrogens with one attached hydrogen (secondary N) is 2. The quantitative estimate of drug-likeness (QED) is 0.311. The molecular formula is C30H38N4+2. The Morgan fingerprint density at radius 2 is 1.26 bits per heavy atom. The molecule has 6 rings (SSSR count).